The molecular formula is C11H20S. The molecule has 0 radical (unpaired) electrons. The Bertz CT molecular complexity index is 203. The van der Waals surface area contributed by atoms with Crippen molar-refractivity contribution in [2.45, 2.75) is 35.1 Å². The van der Waals surface area contributed by atoms with Gasteiger partial charge in [0.05, 0.1) is 0 Å². The summed E-state index contributed by atoms with van der Waals surface area (Å²) in [5, 5.41) is 0. The number of hydrogen-bond donors (Lipinski definition) is 0. The molecule has 0 nitrogen and oxygen atoms in total. The Morgan fingerprint density at radius 1 is 1.17 bits per heavy atom. The van der Waals surface area contributed by atoms with Crippen molar-refractivity contribution >= 4 is 11.8 Å². The first-order valence-electron chi connectivity index (χ1n) is 5.45. The number of thioether (sulfide) groups is 1. The molecule has 0 unspecified atom stereocenters. The van der Waals surface area contributed by atoms with Crippen LogP contribution in [0.3, 0.4) is 0 Å². The average molecular weight is 188 g/mol. The molecule has 0 aliphatic carbocycles. The molecule has 0 bridgehead atoms. The first-order valence-corrected chi connectivity index (χ1v) is 5.19. The Morgan fingerprint density at radius 3 is 1.83 bits per heavy atom. The predicted molar refractivity (Wildman–Crippen MR) is 59.4 cm³/mol. The standard InChI is InChI=1S/C10H16S.CH4/c1-9(2)5-6-10(3,4)8-11-7-9;/h7-8H2,1-4H3;1H4/i;1T2. The fourth-order valence-corrected chi connectivity index (χ4v) is 2.24. The van der Waals surface area contributed by atoms with Gasteiger partial charge < -0.3 is 0 Å². The van der Waals surface area contributed by atoms with Gasteiger partial charge in [0.15, 0.2) is 0 Å². The molecule has 0 saturated heterocycles. The third-order valence-corrected chi connectivity index (χ3v) is 3.52. The lowest BCUT2D eigenvalue weighted by molar-refractivity contribution is 0.574. The molecule has 1 aliphatic heterocycles. The van der Waals surface area contributed by atoms with E-state index in [1.165, 1.54) is 11.5 Å². The smallest absolute Gasteiger partial charge is 0.0348 e. The van der Waals surface area contributed by atoms with Crippen LogP contribution in [0.15, 0.2) is 0 Å². The topological polar surface area (TPSA) is 0 Å². The summed E-state index contributed by atoms with van der Waals surface area (Å²) in [5.41, 5.74) is 0.441. The Balaban J connectivity index is 0.000000500. The molecule has 12 heavy (non-hydrogen) atoms. The second kappa shape index (κ2) is 3.75. The van der Waals surface area contributed by atoms with E-state index in [2.05, 4.69) is 39.5 Å². The molecule has 0 aromatic heterocycles. The van der Waals surface area contributed by atoms with Crippen LogP contribution in [0.1, 0.15) is 37.8 Å². The van der Waals surface area contributed by atoms with Crippen LogP contribution < -0.4 is 0 Å². The lowest BCUT2D eigenvalue weighted by atomic mass is 9.92. The van der Waals surface area contributed by atoms with Crippen LogP contribution in [-0.4, -0.2) is 11.5 Å². The van der Waals surface area contributed by atoms with E-state index in [1.54, 1.807) is 0 Å². The molecule has 0 N–H and O–H groups in total. The van der Waals surface area contributed by atoms with Gasteiger partial charge in [0.2, 0.25) is 0 Å². The van der Waals surface area contributed by atoms with Crippen LogP contribution in [0, 0.1) is 22.7 Å². The summed E-state index contributed by atoms with van der Waals surface area (Å²) in [5.74, 6) is 9.02. The van der Waals surface area contributed by atoms with Crippen LogP contribution in [0.2, 0.25) is 0 Å². The van der Waals surface area contributed by atoms with Crippen molar-refractivity contribution in [3.8, 4) is 11.8 Å². The quantitative estimate of drug-likeness (QED) is 0.525. The minimum atomic E-state index is -0.250. The maximum absolute atomic E-state index is 5.88. The van der Waals surface area contributed by atoms with Crippen LogP contribution in [0.4, 0.5) is 0 Å². The molecule has 0 saturated carbocycles. The summed E-state index contributed by atoms with van der Waals surface area (Å²) in [7, 11) is -0.250. The van der Waals surface area contributed by atoms with E-state index < -0.39 is 0 Å². The van der Waals surface area contributed by atoms with Crippen molar-refractivity contribution in [1.82, 2.24) is 0 Å². The summed E-state index contributed by atoms with van der Waals surface area (Å²) < 4.78 is 11.8. The Labute approximate surface area is 84.3 Å². The normalized spacial score (nSPS) is 26.0. The SMILES string of the molecule is CC1(C)C#CC(C)(C)CSC1.[3H]C[3H]. The maximum Gasteiger partial charge on any atom is 0.0348 e. The van der Waals surface area contributed by atoms with E-state index >= 15 is 0 Å². The van der Waals surface area contributed by atoms with E-state index in [4.69, 9.17) is 2.74 Å². The highest BCUT2D eigenvalue weighted by molar-refractivity contribution is 7.99. The van der Waals surface area contributed by atoms with Gasteiger partial charge in [-0.1, -0.05) is 19.2 Å². The minimum Gasteiger partial charge on any atom is -0.159 e. The fourth-order valence-electron chi connectivity index (χ4n) is 0.972. The summed E-state index contributed by atoms with van der Waals surface area (Å²) >= 11 is 2.00. The molecule has 1 aliphatic rings. The molecule has 1 rings (SSSR count). The molecular weight excluding hydrogens is 164 g/mol. The van der Waals surface area contributed by atoms with Gasteiger partial charge in [-0.05, 0) is 27.7 Å². The second-order valence-corrected chi connectivity index (χ2v) is 5.50. The first-order chi connectivity index (χ1) is 6.33. The van der Waals surface area contributed by atoms with E-state index in [0.717, 1.165) is 0 Å². The molecule has 1 heterocycles. The lowest BCUT2D eigenvalue weighted by Gasteiger charge is -2.15. The van der Waals surface area contributed by atoms with E-state index in [0.29, 0.717) is 0 Å². The third kappa shape index (κ3) is 3.54. The van der Waals surface area contributed by atoms with Crippen LogP contribution in [0.25, 0.3) is 0 Å². The summed E-state index contributed by atoms with van der Waals surface area (Å²) in [6.45, 7) is 8.87. The molecule has 0 aromatic carbocycles. The van der Waals surface area contributed by atoms with Gasteiger partial charge in [-0.2, -0.15) is 11.8 Å². The molecule has 0 fully saturated rings. The minimum absolute atomic E-state index is 0.221. The van der Waals surface area contributed by atoms with E-state index in [1.807, 2.05) is 11.8 Å². The van der Waals surface area contributed by atoms with E-state index in [-0.39, 0.29) is 18.2 Å². The molecule has 0 atom stereocenters. The van der Waals surface area contributed by atoms with E-state index in [9.17, 15) is 0 Å². The van der Waals surface area contributed by atoms with Crippen LogP contribution in [0.5, 0.6) is 0 Å². The second-order valence-electron chi connectivity index (χ2n) is 4.51. The molecule has 0 amide bonds. The molecule has 1 heteroatoms. The van der Waals surface area contributed by atoms with Gasteiger partial charge in [-0.3, -0.25) is 0 Å². The molecule has 70 valence electrons. The lowest BCUT2D eigenvalue weighted by Crippen LogP contribution is -2.11. The Kier molecular flexibility index (Phi) is 2.66. The third-order valence-electron chi connectivity index (χ3n) is 1.67. The summed E-state index contributed by atoms with van der Waals surface area (Å²) in [6, 6.07) is 0. The van der Waals surface area contributed by atoms with Gasteiger partial charge >= 0.3 is 0 Å². The zero-order valence-corrected chi connectivity index (χ0v) is 9.35. The van der Waals surface area contributed by atoms with Crippen molar-refractivity contribution in [1.29, 1.82) is 0 Å². The first kappa shape index (κ1) is 8.51. The number of hydrogen-bond acceptors (Lipinski definition) is 1. The van der Waals surface area contributed by atoms with Gasteiger partial charge in [0.1, 0.15) is 0 Å². The van der Waals surface area contributed by atoms with Crippen molar-refractivity contribution in [3.63, 3.8) is 0 Å². The van der Waals surface area contributed by atoms with Gasteiger partial charge in [-0.25, -0.2) is 0 Å². The van der Waals surface area contributed by atoms with Crippen LogP contribution >= 0.6 is 11.8 Å². The maximum atomic E-state index is 5.88. The Morgan fingerprint density at radius 2 is 1.50 bits per heavy atom. The molecule has 0 aromatic rings. The Hall–Kier alpha value is -0.0900. The fraction of sp³-hybridized carbons (Fsp3) is 0.818. The van der Waals surface area contributed by atoms with Crippen molar-refractivity contribution < 1.29 is 2.74 Å². The largest absolute Gasteiger partial charge is 0.159 e. The molecule has 0 spiro atoms. The average Bonchev–Trinajstić information content (AvgIpc) is 2.12. The van der Waals surface area contributed by atoms with Crippen molar-refractivity contribution in [3.05, 3.63) is 0 Å². The van der Waals surface area contributed by atoms with Gasteiger partial charge in [-0.15, -0.1) is 0 Å². The number of rotatable bonds is 0. The highest BCUT2D eigenvalue weighted by Crippen LogP contribution is 2.30. The highest BCUT2D eigenvalue weighted by Gasteiger charge is 2.23. The van der Waals surface area contributed by atoms with Gasteiger partial charge in [0, 0.05) is 25.1 Å². The van der Waals surface area contributed by atoms with Gasteiger partial charge in [0.25, 0.3) is 0 Å². The zero-order chi connectivity index (χ0) is 11.2. The zero-order valence-electron chi connectivity index (χ0n) is 10.5. The summed E-state index contributed by atoms with van der Waals surface area (Å²) in [6.07, 6.45) is 0. The van der Waals surface area contributed by atoms with Crippen molar-refractivity contribution in [2.75, 3.05) is 11.5 Å². The monoisotopic (exact) mass is 188 g/mol. The van der Waals surface area contributed by atoms with Crippen LogP contribution in [-0.2, 0) is 0 Å². The highest BCUT2D eigenvalue weighted by atomic mass is 32.2. The van der Waals surface area contributed by atoms with Crippen molar-refractivity contribution in [2.24, 2.45) is 10.8 Å². The summed E-state index contributed by atoms with van der Waals surface area (Å²) in [4.78, 5) is 0. The predicted octanol–water partition coefficient (Wildman–Crippen LogP) is 3.43.